The third-order valence-corrected chi connectivity index (χ3v) is 7.09. The molecule has 2 heterocycles. The van der Waals surface area contributed by atoms with Gasteiger partial charge in [-0.15, -0.1) is 5.01 Å². The Balaban J connectivity index is 1.60. The van der Waals surface area contributed by atoms with Crippen molar-refractivity contribution in [1.29, 1.82) is 0 Å². The number of aliphatic carboxylic acids is 1. The maximum absolute atomic E-state index is 12.5. The predicted molar refractivity (Wildman–Crippen MR) is 122 cm³/mol. The highest BCUT2D eigenvalue weighted by atomic mass is 35.5. The molecule has 4 rings (SSSR count). The third-order valence-electron chi connectivity index (χ3n) is 6.84. The van der Waals surface area contributed by atoms with Crippen molar-refractivity contribution in [2.75, 3.05) is 13.7 Å². The van der Waals surface area contributed by atoms with Gasteiger partial charge in [0.05, 0.1) is 19.2 Å². The fourth-order valence-corrected chi connectivity index (χ4v) is 4.64. The first kappa shape index (κ1) is 24.2. The van der Waals surface area contributed by atoms with Crippen LogP contribution in [0.5, 0.6) is 0 Å². The van der Waals surface area contributed by atoms with Crippen molar-refractivity contribution >= 4 is 17.6 Å². The molecule has 9 nitrogen and oxygen atoms in total. The van der Waals surface area contributed by atoms with Crippen LogP contribution >= 0.6 is 11.6 Å². The van der Waals surface area contributed by atoms with E-state index in [0.29, 0.717) is 34.3 Å². The van der Waals surface area contributed by atoms with Gasteiger partial charge in [0.15, 0.2) is 0 Å². The van der Waals surface area contributed by atoms with E-state index in [1.807, 2.05) is 39.8 Å². The summed E-state index contributed by atoms with van der Waals surface area (Å²) in [6.45, 7) is 7.90. The summed E-state index contributed by atoms with van der Waals surface area (Å²) in [6.07, 6.45) is 1.83. The van der Waals surface area contributed by atoms with Gasteiger partial charge in [0.2, 0.25) is 0 Å². The van der Waals surface area contributed by atoms with Crippen molar-refractivity contribution in [3.63, 3.8) is 0 Å². The highest BCUT2D eigenvalue weighted by Crippen LogP contribution is 2.58. The first-order valence-corrected chi connectivity index (χ1v) is 11.5. The summed E-state index contributed by atoms with van der Waals surface area (Å²) < 4.78 is 6.08. The summed E-state index contributed by atoms with van der Waals surface area (Å²) >= 11 is 6.02. The van der Waals surface area contributed by atoms with Gasteiger partial charge in [-0.05, 0) is 62.9 Å². The number of hydrogen-bond acceptors (Lipinski definition) is 5. The van der Waals surface area contributed by atoms with Crippen LogP contribution in [0.15, 0.2) is 35.7 Å². The summed E-state index contributed by atoms with van der Waals surface area (Å²) in [6, 6.07) is 7.41. The van der Waals surface area contributed by atoms with Crippen molar-refractivity contribution in [3.05, 3.63) is 63.4 Å². The Morgan fingerprint density at radius 1 is 1.38 bits per heavy atom. The first-order chi connectivity index (χ1) is 16.0. The second kappa shape index (κ2) is 8.70. The van der Waals surface area contributed by atoms with E-state index >= 15 is 0 Å². The van der Waals surface area contributed by atoms with Crippen LogP contribution in [0.1, 0.15) is 61.2 Å². The number of halogens is 1. The molecule has 1 aliphatic carbocycles. The van der Waals surface area contributed by atoms with Gasteiger partial charge in [-0.25, -0.2) is 5.21 Å². The molecular weight excluding hydrogens is 460 g/mol. The fraction of sp³-hybridized carbons (Fsp3) is 0.500. The zero-order valence-electron chi connectivity index (χ0n) is 19.9. The van der Waals surface area contributed by atoms with Crippen molar-refractivity contribution < 1.29 is 29.7 Å². The SMILES string of the molecule is Cc1ncc2c(c1C1(C(=O)O)CC1CO/N=[N+](\O)N(C)C(C)(C)C)COC2c1ccc(Cl)cc1. The van der Waals surface area contributed by atoms with Crippen LogP contribution < -0.4 is 0 Å². The molecule has 0 amide bonds. The molecule has 0 saturated heterocycles. The number of carboxylic acid groups (broad SMARTS) is 1. The zero-order chi connectivity index (χ0) is 24.8. The normalized spacial score (nSPS) is 24.0. The van der Waals surface area contributed by atoms with E-state index in [-0.39, 0.29) is 24.2 Å². The lowest BCUT2D eigenvalue weighted by atomic mass is 9.85. The van der Waals surface area contributed by atoms with Crippen LogP contribution in [-0.2, 0) is 26.4 Å². The maximum atomic E-state index is 12.5. The average molecular weight is 490 g/mol. The number of rotatable bonds is 7. The minimum absolute atomic E-state index is 0.0475. The molecule has 2 aromatic rings. The molecule has 3 atom stereocenters. The maximum Gasteiger partial charge on any atom is 0.314 e. The van der Waals surface area contributed by atoms with Gasteiger partial charge in [0.25, 0.3) is 10.2 Å². The van der Waals surface area contributed by atoms with Gasteiger partial charge < -0.3 is 14.7 Å². The van der Waals surface area contributed by atoms with Crippen LogP contribution in [0.2, 0.25) is 5.02 Å². The monoisotopic (exact) mass is 489 g/mol. The Hall–Kier alpha value is -2.91. The van der Waals surface area contributed by atoms with Gasteiger partial charge in [0, 0.05) is 28.4 Å². The molecule has 0 spiro atoms. The summed E-state index contributed by atoms with van der Waals surface area (Å²) in [4.78, 5) is 23.1. The van der Waals surface area contributed by atoms with E-state index in [2.05, 4.69) is 10.3 Å². The van der Waals surface area contributed by atoms with Gasteiger partial charge in [-0.2, -0.15) is 0 Å². The zero-order valence-corrected chi connectivity index (χ0v) is 20.7. The van der Waals surface area contributed by atoms with Crippen molar-refractivity contribution in [2.24, 2.45) is 11.2 Å². The Morgan fingerprint density at radius 3 is 2.68 bits per heavy atom. The summed E-state index contributed by atoms with van der Waals surface area (Å²) in [5, 5.41) is 26.2. The molecule has 10 heteroatoms. The van der Waals surface area contributed by atoms with Gasteiger partial charge in [-0.1, -0.05) is 23.7 Å². The van der Waals surface area contributed by atoms with Gasteiger partial charge >= 0.3 is 5.97 Å². The number of fused-ring (bicyclic) bond motifs is 1. The number of benzene rings is 1. The third kappa shape index (κ3) is 4.18. The molecule has 34 heavy (non-hydrogen) atoms. The quantitative estimate of drug-likeness (QED) is 0.336. The topological polar surface area (TPSA) is 107 Å². The van der Waals surface area contributed by atoms with E-state index in [4.69, 9.17) is 21.2 Å². The summed E-state index contributed by atoms with van der Waals surface area (Å²) in [7, 11) is 1.67. The van der Waals surface area contributed by atoms with Crippen LogP contribution in [0.25, 0.3) is 0 Å². The van der Waals surface area contributed by atoms with E-state index in [1.165, 1.54) is 5.01 Å². The number of nitrogens with zero attached hydrogens (tertiary/aromatic N) is 4. The number of hydrogen-bond donors (Lipinski definition) is 2. The molecule has 3 unspecified atom stereocenters. The molecule has 1 aromatic carbocycles. The largest absolute Gasteiger partial charge is 0.481 e. The Labute approximate surface area is 203 Å². The first-order valence-electron chi connectivity index (χ1n) is 11.1. The van der Waals surface area contributed by atoms with Crippen LogP contribution in [0.3, 0.4) is 0 Å². The van der Waals surface area contributed by atoms with Gasteiger partial charge in [-0.3, -0.25) is 9.78 Å². The van der Waals surface area contributed by atoms with E-state index < -0.39 is 11.4 Å². The predicted octanol–water partition coefficient (Wildman–Crippen LogP) is 4.44. The van der Waals surface area contributed by atoms with Crippen molar-refractivity contribution in [3.8, 4) is 0 Å². The molecule has 2 aliphatic rings. The van der Waals surface area contributed by atoms with Crippen LogP contribution in [0.4, 0.5) is 0 Å². The smallest absolute Gasteiger partial charge is 0.314 e. The molecular formula is C24H30ClN4O5+. The lowest BCUT2D eigenvalue weighted by molar-refractivity contribution is -0.946. The Morgan fingerprint density at radius 2 is 2.06 bits per heavy atom. The Kier molecular flexibility index (Phi) is 6.20. The molecule has 182 valence electrons. The lowest BCUT2D eigenvalue weighted by Crippen LogP contribution is -2.43. The highest BCUT2D eigenvalue weighted by Gasteiger charge is 2.64. The van der Waals surface area contributed by atoms with E-state index in [9.17, 15) is 15.1 Å². The number of aryl methyl sites for hydroxylation is 1. The second-order valence-electron chi connectivity index (χ2n) is 9.91. The second-order valence-corrected chi connectivity index (χ2v) is 10.3. The number of carboxylic acids is 1. The minimum Gasteiger partial charge on any atom is -0.481 e. The number of hydrazine groups is 1. The Bertz CT molecular complexity index is 1130. The van der Waals surface area contributed by atoms with Gasteiger partial charge in [0.1, 0.15) is 18.1 Å². The number of aromatic nitrogens is 1. The number of pyridine rings is 1. The van der Waals surface area contributed by atoms with Crippen LogP contribution in [-0.4, -0.2) is 50.4 Å². The molecule has 0 bridgehead atoms. The van der Waals surface area contributed by atoms with Crippen molar-refractivity contribution in [2.45, 2.75) is 57.8 Å². The van der Waals surface area contributed by atoms with Crippen LogP contribution in [0, 0.1) is 12.8 Å². The van der Waals surface area contributed by atoms with Crippen molar-refractivity contribution in [1.82, 2.24) is 9.99 Å². The summed E-state index contributed by atoms with van der Waals surface area (Å²) in [5.41, 5.74) is 2.52. The van der Waals surface area contributed by atoms with E-state index in [0.717, 1.165) is 16.7 Å². The molecule has 1 fully saturated rings. The average Bonchev–Trinajstić information content (AvgIpc) is 3.34. The fourth-order valence-electron chi connectivity index (χ4n) is 4.52. The molecule has 1 aliphatic heterocycles. The summed E-state index contributed by atoms with van der Waals surface area (Å²) in [5.74, 6) is -1.24. The standard InChI is InChI=1S/C24H29ClN4O5/c1-14-20(19-13-33-21(18(19)11-26-14)15-6-8-17(25)9-7-15)24(22(30)31)10-16(24)12-34-27-29(32)28(5)23(2,3)4/h6-9,11,16,21H,10,12-13H2,1-5H3,(H-,27,30,31,32)/p+1. The molecule has 1 saturated carbocycles. The van der Waals surface area contributed by atoms with E-state index in [1.54, 1.807) is 25.4 Å². The number of ether oxygens (including phenoxy) is 1. The molecule has 0 radical (unpaired) electrons. The highest BCUT2D eigenvalue weighted by molar-refractivity contribution is 6.30. The minimum atomic E-state index is -1.13. The lowest BCUT2D eigenvalue weighted by Gasteiger charge is -2.22. The molecule has 2 N–H and O–H groups in total. The number of carbonyl (C=O) groups is 1. The molecule has 1 aromatic heterocycles.